The third kappa shape index (κ3) is 5.03. The smallest absolute Gasteiger partial charge is 0.319 e. The van der Waals surface area contributed by atoms with Crippen LogP contribution < -0.4 is 24.8 Å². The van der Waals surface area contributed by atoms with Crippen LogP contribution in [0.3, 0.4) is 0 Å². The number of nitrogens with one attached hydrogen (secondary N) is 2. The second kappa shape index (κ2) is 9.22. The van der Waals surface area contributed by atoms with Gasteiger partial charge in [-0.05, 0) is 48.2 Å². The van der Waals surface area contributed by atoms with Crippen LogP contribution >= 0.6 is 0 Å². The van der Waals surface area contributed by atoms with E-state index in [-0.39, 0.29) is 18.9 Å². The van der Waals surface area contributed by atoms with E-state index < -0.39 is 0 Å². The number of hydrogen-bond donors (Lipinski definition) is 2. The lowest BCUT2D eigenvalue weighted by molar-refractivity contribution is 0.174. The molecular formula is C24H24N2O4. The van der Waals surface area contributed by atoms with Crippen LogP contribution in [0.1, 0.15) is 11.1 Å². The predicted molar refractivity (Wildman–Crippen MR) is 115 cm³/mol. The molecule has 1 aliphatic rings. The van der Waals surface area contributed by atoms with Crippen LogP contribution in [0, 0.1) is 0 Å². The van der Waals surface area contributed by atoms with Crippen molar-refractivity contribution in [3.05, 3.63) is 83.9 Å². The standard InChI is InChI=1S/C24H24N2O4/c1-28-21-9-5-8-19(15-21)25-24(27)26-20(12-17-6-3-2-4-7-17)13-18-10-11-22-23(14-18)30-16-29-22/h2-11,14-15,20H,12-13,16H2,1H3,(H2,25,26,27)/t20-/m0/s1. The highest BCUT2D eigenvalue weighted by molar-refractivity contribution is 5.89. The van der Waals surface area contributed by atoms with Gasteiger partial charge in [0, 0.05) is 17.8 Å². The second-order valence-corrected chi connectivity index (χ2v) is 7.11. The average Bonchev–Trinajstić information content (AvgIpc) is 3.22. The summed E-state index contributed by atoms with van der Waals surface area (Å²) in [5.41, 5.74) is 2.90. The molecule has 4 rings (SSSR count). The molecule has 0 aromatic heterocycles. The Kier molecular flexibility index (Phi) is 6.03. The fourth-order valence-electron chi connectivity index (χ4n) is 3.48. The van der Waals surface area contributed by atoms with Gasteiger partial charge < -0.3 is 24.8 Å². The van der Waals surface area contributed by atoms with Crippen molar-refractivity contribution in [1.29, 1.82) is 0 Å². The first kappa shape index (κ1) is 19.6. The molecule has 0 unspecified atom stereocenters. The summed E-state index contributed by atoms with van der Waals surface area (Å²) in [7, 11) is 1.60. The van der Waals surface area contributed by atoms with Gasteiger partial charge in [0.15, 0.2) is 11.5 Å². The van der Waals surface area contributed by atoms with Gasteiger partial charge in [-0.3, -0.25) is 0 Å². The highest BCUT2D eigenvalue weighted by atomic mass is 16.7. The third-order valence-corrected chi connectivity index (χ3v) is 4.91. The van der Waals surface area contributed by atoms with Gasteiger partial charge in [0.25, 0.3) is 0 Å². The molecule has 30 heavy (non-hydrogen) atoms. The molecule has 0 aliphatic carbocycles. The van der Waals surface area contributed by atoms with Crippen LogP contribution in [0.15, 0.2) is 72.8 Å². The molecule has 6 nitrogen and oxygen atoms in total. The van der Waals surface area contributed by atoms with E-state index in [1.807, 2.05) is 54.6 Å². The number of methoxy groups -OCH3 is 1. The zero-order valence-electron chi connectivity index (χ0n) is 16.8. The fraction of sp³-hybridized carbons (Fsp3) is 0.208. The van der Waals surface area contributed by atoms with Crippen molar-refractivity contribution < 1.29 is 19.0 Å². The van der Waals surface area contributed by atoms with E-state index >= 15 is 0 Å². The Bertz CT molecular complexity index is 1010. The zero-order valence-corrected chi connectivity index (χ0v) is 16.8. The third-order valence-electron chi connectivity index (χ3n) is 4.91. The molecule has 6 heteroatoms. The van der Waals surface area contributed by atoms with Gasteiger partial charge in [0.1, 0.15) is 5.75 Å². The largest absolute Gasteiger partial charge is 0.497 e. The quantitative estimate of drug-likeness (QED) is 0.612. The molecule has 154 valence electrons. The van der Waals surface area contributed by atoms with Crippen LogP contribution in [-0.2, 0) is 12.8 Å². The van der Waals surface area contributed by atoms with E-state index in [0.717, 1.165) is 22.6 Å². The number of carbonyl (C=O) groups excluding carboxylic acids is 1. The van der Waals surface area contributed by atoms with Crippen molar-refractivity contribution in [1.82, 2.24) is 5.32 Å². The van der Waals surface area contributed by atoms with Gasteiger partial charge in [0.05, 0.1) is 7.11 Å². The van der Waals surface area contributed by atoms with E-state index in [0.29, 0.717) is 24.3 Å². The van der Waals surface area contributed by atoms with E-state index in [9.17, 15) is 4.79 Å². The zero-order chi connectivity index (χ0) is 20.8. The Morgan fingerprint density at radius 1 is 0.933 bits per heavy atom. The van der Waals surface area contributed by atoms with Crippen molar-refractivity contribution in [3.8, 4) is 17.2 Å². The highest BCUT2D eigenvalue weighted by Gasteiger charge is 2.18. The van der Waals surface area contributed by atoms with Gasteiger partial charge in [-0.15, -0.1) is 0 Å². The molecule has 0 fully saturated rings. The Morgan fingerprint density at radius 2 is 1.73 bits per heavy atom. The minimum Gasteiger partial charge on any atom is -0.497 e. The first-order valence-electron chi connectivity index (χ1n) is 9.83. The van der Waals surface area contributed by atoms with E-state index in [4.69, 9.17) is 14.2 Å². The number of ether oxygens (including phenoxy) is 3. The van der Waals surface area contributed by atoms with Crippen molar-refractivity contribution in [2.75, 3.05) is 19.2 Å². The van der Waals surface area contributed by atoms with Gasteiger partial charge in [-0.25, -0.2) is 4.79 Å². The number of rotatable bonds is 7. The maximum Gasteiger partial charge on any atom is 0.319 e. The lowest BCUT2D eigenvalue weighted by Crippen LogP contribution is -2.40. The maximum absolute atomic E-state index is 12.7. The van der Waals surface area contributed by atoms with Crippen LogP contribution in [0.2, 0.25) is 0 Å². The summed E-state index contributed by atoms with van der Waals surface area (Å²) in [5.74, 6) is 2.18. The van der Waals surface area contributed by atoms with Gasteiger partial charge in [0.2, 0.25) is 6.79 Å². The Hall–Kier alpha value is -3.67. The molecule has 3 aromatic carbocycles. The number of urea groups is 1. The first-order chi connectivity index (χ1) is 14.7. The summed E-state index contributed by atoms with van der Waals surface area (Å²) in [5, 5.41) is 5.99. The molecule has 1 atom stereocenters. The predicted octanol–water partition coefficient (Wildman–Crippen LogP) is 4.40. The molecule has 0 bridgehead atoms. The fourth-order valence-corrected chi connectivity index (χ4v) is 3.48. The number of benzene rings is 3. The summed E-state index contributed by atoms with van der Waals surface area (Å²) in [6, 6.07) is 22.9. The molecule has 2 N–H and O–H groups in total. The SMILES string of the molecule is COc1cccc(NC(=O)N[C@@H](Cc2ccccc2)Cc2ccc3c(c2)OCO3)c1. The monoisotopic (exact) mass is 404 g/mol. The molecule has 2 amide bonds. The van der Waals surface area contributed by atoms with E-state index in [2.05, 4.69) is 22.8 Å². The molecule has 0 saturated carbocycles. The summed E-state index contributed by atoms with van der Waals surface area (Å²) >= 11 is 0. The molecule has 1 aliphatic heterocycles. The van der Waals surface area contributed by atoms with Crippen LogP contribution in [0.25, 0.3) is 0 Å². The normalized spacial score (nSPS) is 12.8. The van der Waals surface area contributed by atoms with Gasteiger partial charge in [-0.1, -0.05) is 42.5 Å². The highest BCUT2D eigenvalue weighted by Crippen LogP contribution is 2.33. The van der Waals surface area contributed by atoms with E-state index in [1.54, 1.807) is 13.2 Å². The maximum atomic E-state index is 12.7. The molecular weight excluding hydrogens is 380 g/mol. The van der Waals surface area contributed by atoms with Crippen LogP contribution in [-0.4, -0.2) is 26.0 Å². The number of fused-ring (bicyclic) bond motifs is 1. The summed E-state index contributed by atoms with van der Waals surface area (Å²) in [6.07, 6.45) is 1.37. The summed E-state index contributed by atoms with van der Waals surface area (Å²) < 4.78 is 16.1. The Morgan fingerprint density at radius 3 is 2.57 bits per heavy atom. The first-order valence-corrected chi connectivity index (χ1v) is 9.83. The molecule has 0 saturated heterocycles. The minimum absolute atomic E-state index is 0.0987. The molecule has 1 heterocycles. The lowest BCUT2D eigenvalue weighted by Gasteiger charge is -2.20. The minimum atomic E-state index is -0.259. The van der Waals surface area contributed by atoms with Crippen LogP contribution in [0.5, 0.6) is 17.2 Å². The number of anilines is 1. The van der Waals surface area contributed by atoms with Crippen molar-refractivity contribution in [2.45, 2.75) is 18.9 Å². The van der Waals surface area contributed by atoms with E-state index in [1.165, 1.54) is 0 Å². The number of amides is 2. The Balaban J connectivity index is 1.47. The van der Waals surface area contributed by atoms with Gasteiger partial charge in [-0.2, -0.15) is 0 Å². The number of carbonyl (C=O) groups is 1. The summed E-state index contributed by atoms with van der Waals surface area (Å²) in [4.78, 5) is 12.7. The van der Waals surface area contributed by atoms with Crippen molar-refractivity contribution in [2.24, 2.45) is 0 Å². The lowest BCUT2D eigenvalue weighted by atomic mass is 9.98. The Labute approximate surface area is 175 Å². The number of hydrogen-bond acceptors (Lipinski definition) is 4. The molecule has 0 spiro atoms. The van der Waals surface area contributed by atoms with Crippen molar-refractivity contribution >= 4 is 11.7 Å². The average molecular weight is 404 g/mol. The molecule has 0 radical (unpaired) electrons. The second-order valence-electron chi connectivity index (χ2n) is 7.11. The van der Waals surface area contributed by atoms with Crippen molar-refractivity contribution in [3.63, 3.8) is 0 Å². The molecule has 3 aromatic rings. The summed E-state index contributed by atoms with van der Waals surface area (Å²) in [6.45, 7) is 0.243. The topological polar surface area (TPSA) is 68.8 Å². The van der Waals surface area contributed by atoms with Crippen LogP contribution in [0.4, 0.5) is 10.5 Å². The van der Waals surface area contributed by atoms with Gasteiger partial charge >= 0.3 is 6.03 Å².